The van der Waals surface area contributed by atoms with E-state index in [2.05, 4.69) is 24.3 Å². The standard InChI is InChI=1S/C12H19N3O/c1-9(2)5-6-15-12(16)7-11(8-13-15)14-10-3-4-10/h7-10,14H,3-6H2,1-2H3. The molecule has 1 aromatic heterocycles. The van der Waals surface area contributed by atoms with Crippen molar-refractivity contribution in [2.24, 2.45) is 5.92 Å². The van der Waals surface area contributed by atoms with Crippen molar-refractivity contribution in [1.82, 2.24) is 9.78 Å². The maximum Gasteiger partial charge on any atom is 0.268 e. The fourth-order valence-electron chi connectivity index (χ4n) is 1.52. The van der Waals surface area contributed by atoms with Gasteiger partial charge in [-0.15, -0.1) is 0 Å². The summed E-state index contributed by atoms with van der Waals surface area (Å²) in [6.45, 7) is 5.00. The molecule has 16 heavy (non-hydrogen) atoms. The Kier molecular flexibility index (Phi) is 3.27. The summed E-state index contributed by atoms with van der Waals surface area (Å²) in [7, 11) is 0. The molecule has 0 aromatic carbocycles. The molecule has 4 nitrogen and oxygen atoms in total. The molecule has 0 amide bonds. The van der Waals surface area contributed by atoms with Gasteiger partial charge >= 0.3 is 0 Å². The second-order valence-corrected chi connectivity index (χ2v) is 4.91. The quantitative estimate of drug-likeness (QED) is 0.825. The molecule has 0 unspecified atom stereocenters. The highest BCUT2D eigenvalue weighted by Gasteiger charge is 2.20. The summed E-state index contributed by atoms with van der Waals surface area (Å²) in [6, 6.07) is 2.21. The molecule has 1 fully saturated rings. The van der Waals surface area contributed by atoms with Crippen molar-refractivity contribution < 1.29 is 0 Å². The van der Waals surface area contributed by atoms with Crippen molar-refractivity contribution in [3.63, 3.8) is 0 Å². The highest BCUT2D eigenvalue weighted by Crippen LogP contribution is 2.23. The summed E-state index contributed by atoms with van der Waals surface area (Å²) in [5.41, 5.74) is 0.847. The molecule has 0 radical (unpaired) electrons. The minimum absolute atomic E-state index is 0.00806. The Morgan fingerprint density at radius 3 is 2.88 bits per heavy atom. The summed E-state index contributed by atoms with van der Waals surface area (Å²) in [5, 5.41) is 7.45. The van der Waals surface area contributed by atoms with Gasteiger partial charge in [0.2, 0.25) is 0 Å². The lowest BCUT2D eigenvalue weighted by Crippen LogP contribution is -2.23. The first-order valence-electron chi connectivity index (χ1n) is 5.99. The van der Waals surface area contributed by atoms with Gasteiger partial charge in [-0.25, -0.2) is 4.68 Å². The Morgan fingerprint density at radius 1 is 1.56 bits per heavy atom. The number of aromatic nitrogens is 2. The molecule has 1 saturated carbocycles. The molecule has 0 aliphatic heterocycles. The van der Waals surface area contributed by atoms with Crippen LogP contribution in [0.15, 0.2) is 17.1 Å². The maximum atomic E-state index is 11.7. The van der Waals surface area contributed by atoms with Gasteiger partial charge in [-0.2, -0.15) is 5.10 Å². The van der Waals surface area contributed by atoms with Gasteiger partial charge in [0, 0.05) is 18.7 Å². The third kappa shape index (κ3) is 3.08. The highest BCUT2D eigenvalue weighted by atomic mass is 16.1. The number of hydrogen-bond donors (Lipinski definition) is 1. The van der Waals surface area contributed by atoms with E-state index in [0.29, 0.717) is 18.5 Å². The third-order valence-electron chi connectivity index (χ3n) is 2.74. The minimum Gasteiger partial charge on any atom is -0.381 e. The smallest absolute Gasteiger partial charge is 0.268 e. The zero-order chi connectivity index (χ0) is 11.5. The topological polar surface area (TPSA) is 46.9 Å². The molecule has 0 spiro atoms. The van der Waals surface area contributed by atoms with Gasteiger partial charge in [0.25, 0.3) is 5.56 Å². The van der Waals surface area contributed by atoms with Gasteiger partial charge < -0.3 is 5.32 Å². The van der Waals surface area contributed by atoms with Crippen molar-refractivity contribution >= 4 is 5.69 Å². The van der Waals surface area contributed by atoms with Gasteiger partial charge in [-0.1, -0.05) is 13.8 Å². The van der Waals surface area contributed by atoms with Gasteiger partial charge in [-0.3, -0.25) is 4.79 Å². The highest BCUT2D eigenvalue weighted by molar-refractivity contribution is 5.41. The van der Waals surface area contributed by atoms with Crippen LogP contribution in [0.25, 0.3) is 0 Å². The molecule has 0 bridgehead atoms. The molecule has 0 atom stereocenters. The number of nitrogens with zero attached hydrogens (tertiary/aromatic N) is 2. The Bertz CT molecular complexity index is 407. The second kappa shape index (κ2) is 4.68. The van der Waals surface area contributed by atoms with E-state index in [4.69, 9.17) is 0 Å². The number of hydrogen-bond acceptors (Lipinski definition) is 3. The van der Waals surface area contributed by atoms with E-state index < -0.39 is 0 Å². The van der Waals surface area contributed by atoms with Gasteiger partial charge in [0.05, 0.1) is 11.9 Å². The van der Waals surface area contributed by atoms with E-state index in [0.717, 1.165) is 12.1 Å². The Morgan fingerprint density at radius 2 is 2.31 bits per heavy atom. The SMILES string of the molecule is CC(C)CCn1ncc(NC2CC2)cc1=O. The molecule has 1 aliphatic rings. The number of nitrogens with one attached hydrogen (secondary N) is 1. The van der Waals surface area contributed by atoms with Crippen molar-refractivity contribution in [2.45, 2.75) is 45.7 Å². The Labute approximate surface area is 95.7 Å². The van der Waals surface area contributed by atoms with Crippen LogP contribution in [0.1, 0.15) is 33.1 Å². The number of rotatable bonds is 5. The van der Waals surface area contributed by atoms with Crippen LogP contribution in [0.2, 0.25) is 0 Å². The van der Waals surface area contributed by atoms with Crippen LogP contribution in [0.5, 0.6) is 0 Å². The van der Waals surface area contributed by atoms with Crippen LogP contribution in [0.4, 0.5) is 5.69 Å². The third-order valence-corrected chi connectivity index (χ3v) is 2.74. The monoisotopic (exact) mass is 221 g/mol. The van der Waals surface area contributed by atoms with Crippen molar-refractivity contribution in [3.8, 4) is 0 Å². The lowest BCUT2D eigenvalue weighted by atomic mass is 10.1. The Hall–Kier alpha value is -1.32. The largest absolute Gasteiger partial charge is 0.381 e. The number of anilines is 1. The van der Waals surface area contributed by atoms with Gasteiger partial charge in [-0.05, 0) is 25.2 Å². The zero-order valence-corrected chi connectivity index (χ0v) is 9.94. The lowest BCUT2D eigenvalue weighted by Gasteiger charge is -2.08. The predicted molar refractivity (Wildman–Crippen MR) is 64.6 cm³/mol. The maximum absolute atomic E-state index is 11.7. The summed E-state index contributed by atoms with van der Waals surface area (Å²) >= 11 is 0. The molecule has 88 valence electrons. The Balaban J connectivity index is 2.00. The van der Waals surface area contributed by atoms with Crippen LogP contribution in [0, 0.1) is 5.92 Å². The average molecular weight is 221 g/mol. The van der Waals surface area contributed by atoms with Crippen molar-refractivity contribution in [2.75, 3.05) is 5.32 Å². The fraction of sp³-hybridized carbons (Fsp3) is 0.667. The minimum atomic E-state index is -0.00806. The van der Waals surface area contributed by atoms with Crippen LogP contribution >= 0.6 is 0 Å². The summed E-state index contributed by atoms with van der Waals surface area (Å²) in [6.07, 6.45) is 5.15. The summed E-state index contributed by atoms with van der Waals surface area (Å²) in [5.74, 6) is 0.595. The van der Waals surface area contributed by atoms with E-state index in [1.807, 2.05) is 0 Å². The van der Waals surface area contributed by atoms with Crippen LogP contribution in [-0.2, 0) is 6.54 Å². The molecule has 1 heterocycles. The molecule has 1 aliphatic carbocycles. The van der Waals surface area contributed by atoms with Crippen LogP contribution in [-0.4, -0.2) is 15.8 Å². The first kappa shape index (κ1) is 11.2. The summed E-state index contributed by atoms with van der Waals surface area (Å²) < 4.78 is 1.54. The average Bonchev–Trinajstić information content (AvgIpc) is 3.00. The number of aryl methyl sites for hydroxylation is 1. The zero-order valence-electron chi connectivity index (χ0n) is 9.94. The van der Waals surface area contributed by atoms with Crippen molar-refractivity contribution in [1.29, 1.82) is 0 Å². The van der Waals surface area contributed by atoms with E-state index in [-0.39, 0.29) is 5.56 Å². The van der Waals surface area contributed by atoms with Crippen LogP contribution < -0.4 is 10.9 Å². The van der Waals surface area contributed by atoms with Gasteiger partial charge in [0.1, 0.15) is 0 Å². The first-order chi connectivity index (χ1) is 7.65. The molecule has 1 N–H and O–H groups in total. The second-order valence-electron chi connectivity index (χ2n) is 4.91. The molecule has 4 heteroatoms. The van der Waals surface area contributed by atoms with E-state index >= 15 is 0 Å². The van der Waals surface area contributed by atoms with E-state index in [1.54, 1.807) is 12.3 Å². The van der Waals surface area contributed by atoms with Crippen LogP contribution in [0.3, 0.4) is 0 Å². The molecular weight excluding hydrogens is 202 g/mol. The molecular formula is C12H19N3O. The molecule has 2 rings (SSSR count). The summed E-state index contributed by atoms with van der Waals surface area (Å²) in [4.78, 5) is 11.7. The fourth-order valence-corrected chi connectivity index (χ4v) is 1.52. The van der Waals surface area contributed by atoms with Gasteiger partial charge in [0.15, 0.2) is 0 Å². The molecule has 1 aromatic rings. The van der Waals surface area contributed by atoms with Crippen molar-refractivity contribution in [3.05, 3.63) is 22.6 Å². The normalized spacial score (nSPS) is 15.4. The molecule has 0 saturated heterocycles. The van der Waals surface area contributed by atoms with E-state index in [9.17, 15) is 4.79 Å². The first-order valence-corrected chi connectivity index (χ1v) is 5.99. The lowest BCUT2D eigenvalue weighted by molar-refractivity contribution is 0.472. The van der Waals surface area contributed by atoms with E-state index in [1.165, 1.54) is 17.5 Å². The predicted octanol–water partition coefficient (Wildman–Crippen LogP) is 1.86.